The number of rotatable bonds is 1. The number of aromatic nitrogens is 2. The first kappa shape index (κ1) is 9.13. The Morgan fingerprint density at radius 2 is 2.00 bits per heavy atom. The van der Waals surface area contributed by atoms with Crippen molar-refractivity contribution in [3.8, 4) is 0 Å². The van der Waals surface area contributed by atoms with Gasteiger partial charge in [-0.05, 0) is 40.9 Å². The molecule has 0 atom stereocenters. The summed E-state index contributed by atoms with van der Waals surface area (Å²) in [5, 5.41) is 7.95. The van der Waals surface area contributed by atoms with Gasteiger partial charge in [-0.1, -0.05) is 0 Å². The summed E-state index contributed by atoms with van der Waals surface area (Å²) in [7, 11) is 0. The van der Waals surface area contributed by atoms with Crippen LogP contribution in [0, 0.1) is 0 Å². The number of halogens is 2. The summed E-state index contributed by atoms with van der Waals surface area (Å²) >= 11 is 3.24. The highest BCUT2D eigenvalue weighted by Gasteiger charge is 2.24. The van der Waals surface area contributed by atoms with E-state index in [2.05, 4.69) is 26.1 Å². The van der Waals surface area contributed by atoms with E-state index in [1.165, 1.54) is 12.8 Å². The molecule has 0 aliphatic heterocycles. The number of hydrogen-bond acceptors (Lipinski definition) is 2. The molecule has 0 amide bonds. The lowest BCUT2D eigenvalue weighted by Crippen LogP contribution is -1.88. The van der Waals surface area contributed by atoms with Gasteiger partial charge in [0.15, 0.2) is 0 Å². The minimum Gasteiger partial charge on any atom is -0.154 e. The molecule has 1 heterocycles. The van der Waals surface area contributed by atoms with Gasteiger partial charge in [0, 0.05) is 5.92 Å². The zero-order valence-electron chi connectivity index (χ0n) is 5.83. The summed E-state index contributed by atoms with van der Waals surface area (Å²) in [6.45, 7) is 0. The Bertz CT molecular complexity index is 231. The molecule has 2 rings (SSSR count). The number of hydrogen-bond donors (Lipinski definition) is 0. The second kappa shape index (κ2) is 3.63. The Labute approximate surface area is 84.3 Å². The maximum absolute atomic E-state index is 4.04. The van der Waals surface area contributed by atoms with Gasteiger partial charge in [0.1, 0.15) is 4.60 Å². The van der Waals surface area contributed by atoms with Crippen LogP contribution in [-0.2, 0) is 0 Å². The average molecular weight is 280 g/mol. The van der Waals surface area contributed by atoms with Gasteiger partial charge >= 0.3 is 0 Å². The molecule has 2 nitrogen and oxygen atoms in total. The minimum atomic E-state index is 0. The molecule has 1 aromatic heterocycles. The third kappa shape index (κ3) is 2.24. The zero-order chi connectivity index (χ0) is 6.97. The molecule has 0 bridgehead atoms. The van der Waals surface area contributed by atoms with Crippen LogP contribution in [0.25, 0.3) is 0 Å². The van der Waals surface area contributed by atoms with Crippen LogP contribution in [0.3, 0.4) is 0 Å². The highest BCUT2D eigenvalue weighted by Crippen LogP contribution is 2.38. The fourth-order valence-corrected chi connectivity index (χ4v) is 1.13. The van der Waals surface area contributed by atoms with E-state index in [1.807, 2.05) is 12.1 Å². The standard InChI is InChI=1S/C7H7BrN2.BrH/c8-7-4-3-6(9-10-7)5-1-2-5;/h3-5H,1-2H2;1H. The summed E-state index contributed by atoms with van der Waals surface area (Å²) in [6, 6.07) is 3.98. The molecule has 60 valence electrons. The Morgan fingerprint density at radius 1 is 1.27 bits per heavy atom. The van der Waals surface area contributed by atoms with Crippen molar-refractivity contribution >= 4 is 32.9 Å². The molecular weight excluding hydrogens is 272 g/mol. The van der Waals surface area contributed by atoms with Gasteiger partial charge in [-0.2, -0.15) is 5.10 Å². The van der Waals surface area contributed by atoms with E-state index < -0.39 is 0 Å². The lowest BCUT2D eigenvalue weighted by atomic mass is 10.3. The molecule has 1 saturated carbocycles. The highest BCUT2D eigenvalue weighted by molar-refractivity contribution is 9.10. The third-order valence-corrected chi connectivity index (χ3v) is 2.07. The van der Waals surface area contributed by atoms with Crippen molar-refractivity contribution in [3.63, 3.8) is 0 Å². The molecule has 1 aliphatic carbocycles. The van der Waals surface area contributed by atoms with E-state index in [0.29, 0.717) is 5.92 Å². The predicted molar refractivity (Wildman–Crippen MR) is 52.0 cm³/mol. The summed E-state index contributed by atoms with van der Waals surface area (Å²) in [5.41, 5.74) is 1.14. The van der Waals surface area contributed by atoms with Crippen LogP contribution in [0.15, 0.2) is 16.7 Å². The molecule has 0 unspecified atom stereocenters. The highest BCUT2D eigenvalue weighted by atomic mass is 79.9. The first-order valence-corrected chi connectivity index (χ1v) is 4.15. The van der Waals surface area contributed by atoms with Gasteiger partial charge in [0.25, 0.3) is 0 Å². The monoisotopic (exact) mass is 278 g/mol. The smallest absolute Gasteiger partial charge is 0.128 e. The van der Waals surface area contributed by atoms with Crippen LogP contribution in [0.2, 0.25) is 0 Å². The van der Waals surface area contributed by atoms with Gasteiger partial charge in [-0.3, -0.25) is 0 Å². The molecule has 0 saturated heterocycles. The molecule has 4 heteroatoms. The van der Waals surface area contributed by atoms with Crippen molar-refractivity contribution in [1.82, 2.24) is 10.2 Å². The van der Waals surface area contributed by atoms with E-state index in [9.17, 15) is 0 Å². The van der Waals surface area contributed by atoms with Gasteiger partial charge < -0.3 is 0 Å². The Hall–Kier alpha value is 0.0400. The van der Waals surface area contributed by atoms with Gasteiger partial charge in [0.2, 0.25) is 0 Å². The summed E-state index contributed by atoms with van der Waals surface area (Å²) in [5.74, 6) is 0.709. The lowest BCUT2D eigenvalue weighted by molar-refractivity contribution is 0.896. The van der Waals surface area contributed by atoms with Crippen molar-refractivity contribution in [1.29, 1.82) is 0 Å². The van der Waals surface area contributed by atoms with E-state index in [4.69, 9.17) is 0 Å². The average Bonchev–Trinajstić information content (AvgIpc) is 2.71. The topological polar surface area (TPSA) is 25.8 Å². The normalized spacial score (nSPS) is 15.7. The molecule has 0 spiro atoms. The first-order valence-electron chi connectivity index (χ1n) is 3.35. The van der Waals surface area contributed by atoms with Crippen molar-refractivity contribution < 1.29 is 0 Å². The molecule has 0 radical (unpaired) electrons. The van der Waals surface area contributed by atoms with Crippen molar-refractivity contribution in [2.75, 3.05) is 0 Å². The SMILES string of the molecule is Br.Brc1ccc(C2CC2)nn1. The predicted octanol–water partition coefficient (Wildman–Crippen LogP) is 2.69. The Morgan fingerprint density at radius 3 is 2.45 bits per heavy atom. The van der Waals surface area contributed by atoms with E-state index in [-0.39, 0.29) is 17.0 Å². The van der Waals surface area contributed by atoms with E-state index in [0.717, 1.165) is 10.3 Å². The summed E-state index contributed by atoms with van der Waals surface area (Å²) < 4.78 is 0.817. The number of nitrogens with zero attached hydrogens (tertiary/aromatic N) is 2. The largest absolute Gasteiger partial charge is 0.154 e. The summed E-state index contributed by atoms with van der Waals surface area (Å²) in [4.78, 5) is 0. The lowest BCUT2D eigenvalue weighted by Gasteiger charge is -1.92. The molecule has 0 N–H and O–H groups in total. The van der Waals surface area contributed by atoms with Crippen LogP contribution < -0.4 is 0 Å². The minimum absolute atomic E-state index is 0. The first-order chi connectivity index (χ1) is 4.86. The van der Waals surface area contributed by atoms with Crippen LogP contribution >= 0.6 is 32.9 Å². The fraction of sp³-hybridized carbons (Fsp3) is 0.429. The molecule has 1 aromatic rings. The van der Waals surface area contributed by atoms with E-state index >= 15 is 0 Å². The van der Waals surface area contributed by atoms with Crippen molar-refractivity contribution in [3.05, 3.63) is 22.4 Å². The third-order valence-electron chi connectivity index (χ3n) is 1.65. The van der Waals surface area contributed by atoms with Gasteiger partial charge in [-0.15, -0.1) is 22.1 Å². The maximum Gasteiger partial charge on any atom is 0.128 e. The van der Waals surface area contributed by atoms with Crippen LogP contribution in [-0.4, -0.2) is 10.2 Å². The maximum atomic E-state index is 4.04. The molecular formula is C7H8Br2N2. The summed E-state index contributed by atoms with van der Waals surface area (Å²) in [6.07, 6.45) is 2.58. The second-order valence-corrected chi connectivity index (χ2v) is 3.37. The van der Waals surface area contributed by atoms with Gasteiger partial charge in [0.05, 0.1) is 5.69 Å². The van der Waals surface area contributed by atoms with E-state index in [1.54, 1.807) is 0 Å². The van der Waals surface area contributed by atoms with Crippen molar-refractivity contribution in [2.24, 2.45) is 0 Å². The Kier molecular flexibility index (Phi) is 3.01. The molecule has 1 aliphatic rings. The molecule has 0 aromatic carbocycles. The van der Waals surface area contributed by atoms with Crippen molar-refractivity contribution in [2.45, 2.75) is 18.8 Å². The van der Waals surface area contributed by atoms with Crippen LogP contribution in [0.5, 0.6) is 0 Å². The second-order valence-electron chi connectivity index (χ2n) is 2.56. The quantitative estimate of drug-likeness (QED) is 0.790. The molecule has 11 heavy (non-hydrogen) atoms. The fourth-order valence-electron chi connectivity index (χ4n) is 0.923. The molecule has 1 fully saturated rings. The van der Waals surface area contributed by atoms with Crippen LogP contribution in [0.1, 0.15) is 24.5 Å². The van der Waals surface area contributed by atoms with Crippen LogP contribution in [0.4, 0.5) is 0 Å². The van der Waals surface area contributed by atoms with Gasteiger partial charge in [-0.25, -0.2) is 0 Å². The Balaban J connectivity index is 0.000000605. The zero-order valence-corrected chi connectivity index (χ0v) is 9.13.